The third-order valence-electron chi connectivity index (χ3n) is 3.69. The minimum absolute atomic E-state index is 0. The first-order valence-electron chi connectivity index (χ1n) is 8.01. The van der Waals surface area contributed by atoms with E-state index in [-0.39, 0.29) is 30.1 Å². The maximum Gasteiger partial charge on any atom is 0.295 e. The van der Waals surface area contributed by atoms with Crippen molar-refractivity contribution in [1.82, 2.24) is 9.88 Å². The van der Waals surface area contributed by atoms with E-state index in [1.165, 1.54) is 0 Å². The molecule has 0 saturated carbocycles. The molecule has 0 aliphatic rings. The Morgan fingerprint density at radius 1 is 1.15 bits per heavy atom. The maximum atomic E-state index is 6.04. The van der Waals surface area contributed by atoms with Crippen molar-refractivity contribution in [2.24, 2.45) is 0 Å². The van der Waals surface area contributed by atoms with Gasteiger partial charge in [-0.05, 0) is 57.1 Å². The summed E-state index contributed by atoms with van der Waals surface area (Å²) in [5, 5.41) is 3.24. The fraction of sp³-hybridized carbons (Fsp3) is 0.389. The quantitative estimate of drug-likeness (QED) is 0.569. The topological polar surface area (TPSA) is 54.4 Å². The van der Waals surface area contributed by atoms with Crippen LogP contribution >= 0.6 is 36.6 Å². The van der Waals surface area contributed by atoms with Gasteiger partial charge >= 0.3 is 0 Å². The van der Waals surface area contributed by atoms with Crippen LogP contribution in [0.1, 0.15) is 29.3 Å². The minimum atomic E-state index is 0. The van der Waals surface area contributed by atoms with Gasteiger partial charge in [0.1, 0.15) is 17.0 Å². The highest BCUT2D eigenvalue weighted by molar-refractivity contribution is 7.99. The zero-order valence-corrected chi connectivity index (χ0v) is 17.8. The summed E-state index contributed by atoms with van der Waals surface area (Å²) in [5.41, 5.74) is 2.81. The smallest absolute Gasteiger partial charge is 0.295 e. The Balaban J connectivity index is 0.00000169. The molecule has 0 radical (unpaired) electrons. The van der Waals surface area contributed by atoms with Crippen LogP contribution in [0, 0.1) is 0 Å². The second-order valence-electron chi connectivity index (χ2n) is 5.93. The van der Waals surface area contributed by atoms with Gasteiger partial charge in [-0.2, -0.15) is 4.98 Å². The fourth-order valence-corrected chi connectivity index (χ4v) is 3.46. The molecule has 3 aromatic rings. The molecule has 0 fully saturated rings. The number of rotatable bonds is 7. The summed E-state index contributed by atoms with van der Waals surface area (Å²) >= 11 is 1.75. The summed E-state index contributed by atoms with van der Waals surface area (Å²) < 4.78 is 11.8. The molecule has 1 atom stereocenters. The van der Waals surface area contributed by atoms with E-state index in [1.54, 1.807) is 11.8 Å². The second-order valence-corrected chi connectivity index (χ2v) is 6.88. The summed E-state index contributed by atoms with van der Waals surface area (Å²) in [4.78, 5) is 6.52. The molecule has 1 aromatic carbocycles. The van der Waals surface area contributed by atoms with Crippen molar-refractivity contribution in [3.05, 3.63) is 47.4 Å². The maximum absolute atomic E-state index is 6.04. The predicted molar refractivity (Wildman–Crippen MR) is 114 cm³/mol. The van der Waals surface area contributed by atoms with E-state index in [1.807, 2.05) is 27.1 Å². The van der Waals surface area contributed by atoms with E-state index < -0.39 is 0 Å². The van der Waals surface area contributed by atoms with E-state index in [4.69, 9.17) is 8.83 Å². The molecule has 0 aliphatic carbocycles. The van der Waals surface area contributed by atoms with Crippen molar-refractivity contribution in [2.75, 3.05) is 32.2 Å². The van der Waals surface area contributed by atoms with Crippen LogP contribution < -0.4 is 5.32 Å². The first-order valence-corrected chi connectivity index (χ1v) is 9.30. The minimum Gasteiger partial charge on any atom is -0.463 e. The molecule has 0 amide bonds. The predicted octanol–water partition coefficient (Wildman–Crippen LogP) is 5.21. The monoisotopic (exact) mass is 417 g/mol. The zero-order chi connectivity index (χ0) is 17.1. The lowest BCUT2D eigenvalue weighted by molar-refractivity contribution is 0.343. The summed E-state index contributed by atoms with van der Waals surface area (Å²) in [7, 11) is 4.07. The Kier molecular flexibility index (Phi) is 8.83. The number of hydrogen-bond acceptors (Lipinski definition) is 6. The first-order chi connectivity index (χ1) is 11.6. The standard InChI is InChI=1S/C18H23N3O2S.2ClH/c1-5-19-18-20-14-8-6-12(10-16(14)23-18)17(24-4)15-9-7-13(22-15)11-21(2)3;;/h6-10,17H,5,11H2,1-4H3,(H,19,20);2*1H. The molecule has 26 heavy (non-hydrogen) atoms. The number of nitrogens with zero attached hydrogens (tertiary/aromatic N) is 2. The van der Waals surface area contributed by atoms with Crippen LogP contribution in [-0.2, 0) is 6.54 Å². The van der Waals surface area contributed by atoms with E-state index in [9.17, 15) is 0 Å². The SMILES string of the molecule is CCNc1nc2ccc(C(SC)c3ccc(CN(C)C)o3)cc2o1.Cl.Cl. The third-order valence-corrected chi connectivity index (χ3v) is 4.67. The van der Waals surface area contributed by atoms with Gasteiger partial charge in [0.25, 0.3) is 6.01 Å². The summed E-state index contributed by atoms with van der Waals surface area (Å²) in [6, 6.07) is 10.8. The van der Waals surface area contributed by atoms with Crippen LogP contribution in [0.2, 0.25) is 0 Å². The van der Waals surface area contributed by atoms with Gasteiger partial charge in [0, 0.05) is 6.54 Å². The Morgan fingerprint density at radius 3 is 2.58 bits per heavy atom. The second kappa shape index (κ2) is 10.1. The lowest BCUT2D eigenvalue weighted by Gasteiger charge is -2.12. The number of furan rings is 1. The average molecular weight is 418 g/mol. The molecule has 3 rings (SSSR count). The van der Waals surface area contributed by atoms with E-state index in [0.29, 0.717) is 6.01 Å². The number of nitrogens with one attached hydrogen (secondary N) is 1. The highest BCUT2D eigenvalue weighted by atomic mass is 35.5. The number of halogens is 2. The molecule has 1 unspecified atom stereocenters. The molecule has 2 heterocycles. The van der Waals surface area contributed by atoms with Crippen molar-refractivity contribution in [1.29, 1.82) is 0 Å². The Labute approximate surface area is 170 Å². The van der Waals surface area contributed by atoms with E-state index in [0.717, 1.165) is 41.3 Å². The molecule has 5 nitrogen and oxygen atoms in total. The van der Waals surface area contributed by atoms with Gasteiger partial charge in [0.2, 0.25) is 0 Å². The summed E-state index contributed by atoms with van der Waals surface area (Å²) in [6.45, 7) is 3.61. The fourth-order valence-electron chi connectivity index (χ4n) is 2.68. The lowest BCUT2D eigenvalue weighted by atomic mass is 10.1. The molecule has 0 bridgehead atoms. The molecule has 0 aliphatic heterocycles. The van der Waals surface area contributed by atoms with Crippen LogP contribution in [0.25, 0.3) is 11.1 Å². The summed E-state index contributed by atoms with van der Waals surface area (Å²) in [5.74, 6) is 1.94. The number of hydrogen-bond donors (Lipinski definition) is 1. The molecule has 2 aromatic heterocycles. The van der Waals surface area contributed by atoms with Crippen molar-refractivity contribution in [2.45, 2.75) is 18.7 Å². The van der Waals surface area contributed by atoms with Crippen molar-refractivity contribution < 1.29 is 8.83 Å². The molecule has 0 saturated heterocycles. The number of anilines is 1. The molecule has 0 spiro atoms. The number of aromatic nitrogens is 1. The van der Waals surface area contributed by atoms with Crippen LogP contribution in [0.15, 0.2) is 39.2 Å². The van der Waals surface area contributed by atoms with Crippen LogP contribution in [0.5, 0.6) is 0 Å². The number of fused-ring (bicyclic) bond motifs is 1. The third kappa shape index (κ3) is 5.10. The molecule has 144 valence electrons. The Bertz CT molecular complexity index is 820. The van der Waals surface area contributed by atoms with Crippen LogP contribution in [0.4, 0.5) is 6.01 Å². The number of benzene rings is 1. The number of thioether (sulfide) groups is 1. The van der Waals surface area contributed by atoms with E-state index in [2.05, 4.69) is 45.7 Å². The molecule has 1 N–H and O–H groups in total. The lowest BCUT2D eigenvalue weighted by Crippen LogP contribution is -2.09. The van der Waals surface area contributed by atoms with Crippen molar-refractivity contribution in [3.8, 4) is 0 Å². The van der Waals surface area contributed by atoms with Gasteiger partial charge in [0.15, 0.2) is 5.58 Å². The van der Waals surface area contributed by atoms with Gasteiger partial charge in [-0.25, -0.2) is 0 Å². The largest absolute Gasteiger partial charge is 0.463 e. The van der Waals surface area contributed by atoms with Crippen molar-refractivity contribution in [3.63, 3.8) is 0 Å². The Hall–Kier alpha value is -1.34. The highest BCUT2D eigenvalue weighted by Gasteiger charge is 2.19. The van der Waals surface area contributed by atoms with Gasteiger partial charge in [-0.15, -0.1) is 36.6 Å². The molecular formula is C18H25Cl2N3O2S. The number of oxazole rings is 1. The molecule has 8 heteroatoms. The Morgan fingerprint density at radius 2 is 1.92 bits per heavy atom. The normalized spacial score (nSPS) is 11.9. The summed E-state index contributed by atoms with van der Waals surface area (Å²) in [6.07, 6.45) is 2.09. The highest BCUT2D eigenvalue weighted by Crippen LogP contribution is 2.36. The zero-order valence-electron chi connectivity index (χ0n) is 15.3. The average Bonchev–Trinajstić information content (AvgIpc) is 3.14. The van der Waals surface area contributed by atoms with Crippen molar-refractivity contribution >= 4 is 53.7 Å². The van der Waals surface area contributed by atoms with E-state index >= 15 is 0 Å². The molecular weight excluding hydrogens is 393 g/mol. The van der Waals surface area contributed by atoms with Gasteiger partial charge < -0.3 is 19.1 Å². The van der Waals surface area contributed by atoms with Gasteiger partial charge in [-0.3, -0.25) is 0 Å². The van der Waals surface area contributed by atoms with Crippen LogP contribution in [0.3, 0.4) is 0 Å². The van der Waals surface area contributed by atoms with Gasteiger partial charge in [0.05, 0.1) is 11.8 Å². The van der Waals surface area contributed by atoms with Gasteiger partial charge in [-0.1, -0.05) is 6.07 Å². The first kappa shape index (κ1) is 22.7. The van der Waals surface area contributed by atoms with Crippen LogP contribution in [-0.4, -0.2) is 36.8 Å².